The van der Waals surface area contributed by atoms with Gasteiger partial charge in [-0.15, -0.1) is 0 Å². The molecule has 1 aliphatic carbocycles. The molecule has 2 N–H and O–H groups in total. The fourth-order valence-corrected chi connectivity index (χ4v) is 3.29. The van der Waals surface area contributed by atoms with Crippen LogP contribution in [0.3, 0.4) is 0 Å². The number of hydrogen-bond donors (Lipinski definition) is 2. The van der Waals surface area contributed by atoms with Crippen molar-refractivity contribution in [1.82, 2.24) is 0 Å². The molecule has 3 heteroatoms. The largest absolute Gasteiger partial charge is 0.395 e. The van der Waals surface area contributed by atoms with E-state index >= 15 is 0 Å². The number of anilines is 2. The highest BCUT2D eigenvalue weighted by atomic mass is 16.3. The molecular weight excluding hydrogens is 248 g/mol. The fourth-order valence-electron chi connectivity index (χ4n) is 3.29. The maximum absolute atomic E-state index is 9.08. The second kappa shape index (κ2) is 7.53. The minimum atomic E-state index is 0.202. The van der Waals surface area contributed by atoms with Crippen molar-refractivity contribution >= 4 is 11.4 Å². The third-order valence-corrected chi connectivity index (χ3v) is 4.52. The summed E-state index contributed by atoms with van der Waals surface area (Å²) in [5, 5.41) is 12.8. The monoisotopic (exact) mass is 276 g/mol. The second-order valence-electron chi connectivity index (χ2n) is 5.70. The first-order valence-electron chi connectivity index (χ1n) is 8.00. The van der Waals surface area contributed by atoms with Crippen LogP contribution in [0.2, 0.25) is 0 Å². The van der Waals surface area contributed by atoms with Gasteiger partial charge in [-0.1, -0.05) is 19.8 Å². The molecule has 112 valence electrons. The number of aliphatic hydroxyl groups excluding tert-OH is 1. The third-order valence-electron chi connectivity index (χ3n) is 4.52. The van der Waals surface area contributed by atoms with Crippen molar-refractivity contribution in [2.24, 2.45) is 5.92 Å². The molecule has 2 atom stereocenters. The van der Waals surface area contributed by atoms with Gasteiger partial charge in [0.25, 0.3) is 0 Å². The topological polar surface area (TPSA) is 35.5 Å². The molecule has 20 heavy (non-hydrogen) atoms. The molecule has 2 rings (SSSR count). The summed E-state index contributed by atoms with van der Waals surface area (Å²) in [4.78, 5) is 2.19. The normalized spacial score (nSPS) is 21.9. The maximum Gasteiger partial charge on any atom is 0.0606 e. The van der Waals surface area contributed by atoms with Crippen LogP contribution in [0.4, 0.5) is 11.4 Å². The van der Waals surface area contributed by atoms with Crippen LogP contribution in [0.1, 0.15) is 39.5 Å². The second-order valence-corrected chi connectivity index (χ2v) is 5.70. The third kappa shape index (κ3) is 3.66. The molecule has 0 heterocycles. The molecule has 0 aromatic heterocycles. The smallest absolute Gasteiger partial charge is 0.0606 e. The van der Waals surface area contributed by atoms with E-state index < -0.39 is 0 Å². The Kier molecular flexibility index (Phi) is 5.72. The molecule has 0 aliphatic heterocycles. The lowest BCUT2D eigenvalue weighted by atomic mass is 10.0. The number of nitrogens with zero attached hydrogens (tertiary/aromatic N) is 1. The average Bonchev–Trinajstić information content (AvgIpc) is 2.93. The van der Waals surface area contributed by atoms with E-state index in [0.717, 1.165) is 12.5 Å². The van der Waals surface area contributed by atoms with Crippen molar-refractivity contribution in [3.8, 4) is 0 Å². The molecule has 0 amide bonds. The summed E-state index contributed by atoms with van der Waals surface area (Å²) < 4.78 is 0. The molecule has 1 aliphatic rings. The van der Waals surface area contributed by atoms with Crippen LogP contribution in [0, 0.1) is 5.92 Å². The Labute approximate surface area is 123 Å². The molecule has 1 saturated carbocycles. The highest BCUT2D eigenvalue weighted by molar-refractivity contribution is 5.55. The van der Waals surface area contributed by atoms with Gasteiger partial charge in [-0.2, -0.15) is 0 Å². The van der Waals surface area contributed by atoms with Gasteiger partial charge in [-0.3, -0.25) is 0 Å². The van der Waals surface area contributed by atoms with Gasteiger partial charge in [0.1, 0.15) is 0 Å². The summed E-state index contributed by atoms with van der Waals surface area (Å²) in [6, 6.07) is 9.28. The van der Waals surface area contributed by atoms with E-state index in [1.807, 2.05) is 0 Å². The number of aliphatic hydroxyl groups is 1. The first-order valence-corrected chi connectivity index (χ1v) is 8.00. The van der Waals surface area contributed by atoms with Crippen molar-refractivity contribution in [2.45, 2.75) is 45.6 Å². The Bertz CT molecular complexity index is 390. The van der Waals surface area contributed by atoms with Crippen molar-refractivity contribution in [3.63, 3.8) is 0 Å². The number of likely N-dealkylation sites (N-methyl/N-ethyl adjacent to an activating group) is 1. The lowest BCUT2D eigenvalue weighted by Gasteiger charge is -2.24. The minimum absolute atomic E-state index is 0.202. The van der Waals surface area contributed by atoms with Crippen LogP contribution in [-0.4, -0.2) is 30.8 Å². The van der Waals surface area contributed by atoms with Crippen molar-refractivity contribution in [2.75, 3.05) is 29.9 Å². The Morgan fingerprint density at radius 3 is 2.55 bits per heavy atom. The van der Waals surface area contributed by atoms with Crippen LogP contribution < -0.4 is 10.2 Å². The zero-order valence-corrected chi connectivity index (χ0v) is 12.8. The summed E-state index contributed by atoms with van der Waals surface area (Å²) in [5.74, 6) is 0.830. The molecule has 2 unspecified atom stereocenters. The van der Waals surface area contributed by atoms with Gasteiger partial charge in [0.2, 0.25) is 0 Å². The SMILES string of the molecule is CCC1CCCC1Nc1ccc(N(CC)CCO)cc1. The Hall–Kier alpha value is -1.22. The number of benzene rings is 1. The quantitative estimate of drug-likeness (QED) is 0.800. The summed E-state index contributed by atoms with van der Waals surface area (Å²) in [5.41, 5.74) is 2.41. The molecule has 1 aromatic rings. The van der Waals surface area contributed by atoms with Crippen molar-refractivity contribution in [1.29, 1.82) is 0 Å². The molecular formula is C17H28N2O. The van der Waals surface area contributed by atoms with Gasteiger partial charge >= 0.3 is 0 Å². The zero-order chi connectivity index (χ0) is 14.4. The molecule has 0 saturated heterocycles. The van der Waals surface area contributed by atoms with Crippen molar-refractivity contribution < 1.29 is 5.11 Å². The zero-order valence-electron chi connectivity index (χ0n) is 12.8. The van der Waals surface area contributed by atoms with E-state index in [1.54, 1.807) is 0 Å². The Morgan fingerprint density at radius 2 is 1.95 bits per heavy atom. The molecule has 0 radical (unpaired) electrons. The maximum atomic E-state index is 9.08. The number of rotatable bonds is 7. The van der Waals surface area contributed by atoms with Gasteiger partial charge in [0.15, 0.2) is 0 Å². The fraction of sp³-hybridized carbons (Fsp3) is 0.647. The predicted octanol–water partition coefficient (Wildman–Crippen LogP) is 3.50. The Morgan fingerprint density at radius 1 is 1.20 bits per heavy atom. The van der Waals surface area contributed by atoms with Gasteiger partial charge in [0.05, 0.1) is 6.61 Å². The molecule has 1 fully saturated rings. The van der Waals surface area contributed by atoms with E-state index in [0.29, 0.717) is 12.6 Å². The summed E-state index contributed by atoms with van der Waals surface area (Å²) >= 11 is 0. The summed E-state index contributed by atoms with van der Waals surface area (Å²) in [6.45, 7) is 6.24. The summed E-state index contributed by atoms with van der Waals surface area (Å²) in [6.07, 6.45) is 5.29. The minimum Gasteiger partial charge on any atom is -0.395 e. The first kappa shape index (κ1) is 15.2. The molecule has 3 nitrogen and oxygen atoms in total. The van der Waals surface area contributed by atoms with Crippen LogP contribution in [-0.2, 0) is 0 Å². The lowest BCUT2D eigenvalue weighted by molar-refractivity contribution is 0.302. The van der Waals surface area contributed by atoms with Gasteiger partial charge < -0.3 is 15.3 Å². The van der Waals surface area contributed by atoms with Gasteiger partial charge in [0, 0.05) is 30.5 Å². The highest BCUT2D eigenvalue weighted by Gasteiger charge is 2.25. The lowest BCUT2D eigenvalue weighted by Crippen LogP contribution is -2.26. The van der Waals surface area contributed by atoms with E-state index in [-0.39, 0.29) is 6.61 Å². The Balaban J connectivity index is 1.97. The summed E-state index contributed by atoms with van der Waals surface area (Å²) in [7, 11) is 0. The predicted molar refractivity (Wildman–Crippen MR) is 86.5 cm³/mol. The number of hydrogen-bond acceptors (Lipinski definition) is 3. The molecule has 1 aromatic carbocycles. The van der Waals surface area contributed by atoms with Crippen LogP contribution >= 0.6 is 0 Å². The van der Waals surface area contributed by atoms with Crippen LogP contribution in [0.5, 0.6) is 0 Å². The highest BCUT2D eigenvalue weighted by Crippen LogP contribution is 2.31. The first-order chi connectivity index (χ1) is 9.78. The van der Waals surface area contributed by atoms with Gasteiger partial charge in [-0.05, 0) is 49.9 Å². The van der Waals surface area contributed by atoms with E-state index in [9.17, 15) is 0 Å². The standard InChI is InChI=1S/C17H28N2O/c1-3-14-6-5-7-17(14)18-15-8-10-16(11-9-15)19(4-2)12-13-20/h8-11,14,17-18,20H,3-7,12-13H2,1-2H3. The van der Waals surface area contributed by atoms with Gasteiger partial charge in [-0.25, -0.2) is 0 Å². The van der Waals surface area contributed by atoms with Crippen molar-refractivity contribution in [3.05, 3.63) is 24.3 Å². The van der Waals surface area contributed by atoms with Crippen LogP contribution in [0.15, 0.2) is 24.3 Å². The average molecular weight is 276 g/mol. The van der Waals surface area contributed by atoms with Crippen LogP contribution in [0.25, 0.3) is 0 Å². The molecule has 0 spiro atoms. The van der Waals surface area contributed by atoms with E-state index in [2.05, 4.69) is 48.3 Å². The molecule has 0 bridgehead atoms. The van der Waals surface area contributed by atoms with E-state index in [4.69, 9.17) is 5.11 Å². The van der Waals surface area contributed by atoms with E-state index in [1.165, 1.54) is 37.1 Å². The number of nitrogens with one attached hydrogen (secondary N) is 1.